The summed E-state index contributed by atoms with van der Waals surface area (Å²) in [5, 5.41) is 2.76. The minimum absolute atomic E-state index is 0.108. The third-order valence-electron chi connectivity index (χ3n) is 6.52. The molecular formula is C27H26N4O3. The number of amides is 2. The van der Waals surface area contributed by atoms with Gasteiger partial charge in [-0.1, -0.05) is 43.0 Å². The summed E-state index contributed by atoms with van der Waals surface area (Å²) >= 11 is 0. The number of ketones is 1. The van der Waals surface area contributed by atoms with E-state index >= 15 is 0 Å². The second-order valence-corrected chi connectivity index (χ2v) is 8.92. The summed E-state index contributed by atoms with van der Waals surface area (Å²) in [6.07, 6.45) is 6.20. The highest BCUT2D eigenvalue weighted by molar-refractivity contribution is 6.01. The highest BCUT2D eigenvalue weighted by Crippen LogP contribution is 2.29. The van der Waals surface area contributed by atoms with E-state index in [9.17, 15) is 14.4 Å². The predicted octanol–water partition coefficient (Wildman–Crippen LogP) is 3.57. The number of fused-ring (bicyclic) bond motifs is 1. The van der Waals surface area contributed by atoms with Crippen molar-refractivity contribution in [1.29, 1.82) is 0 Å². The van der Waals surface area contributed by atoms with Gasteiger partial charge in [0, 0.05) is 48.6 Å². The van der Waals surface area contributed by atoms with Crippen LogP contribution in [0.2, 0.25) is 0 Å². The van der Waals surface area contributed by atoms with Crippen molar-refractivity contribution < 1.29 is 14.4 Å². The molecule has 2 aliphatic rings. The van der Waals surface area contributed by atoms with E-state index in [2.05, 4.69) is 21.9 Å². The maximum atomic E-state index is 12.9. The third kappa shape index (κ3) is 4.41. The number of hydrogen-bond acceptors (Lipinski definition) is 4. The summed E-state index contributed by atoms with van der Waals surface area (Å²) in [6.45, 7) is 4.22. The van der Waals surface area contributed by atoms with Crippen LogP contribution in [0.25, 0.3) is 11.4 Å². The van der Waals surface area contributed by atoms with Crippen molar-refractivity contribution in [2.24, 2.45) is 0 Å². The van der Waals surface area contributed by atoms with Gasteiger partial charge < -0.3 is 15.2 Å². The van der Waals surface area contributed by atoms with Gasteiger partial charge in [0.2, 0.25) is 5.91 Å². The lowest BCUT2D eigenvalue weighted by atomic mass is 9.99. The van der Waals surface area contributed by atoms with Gasteiger partial charge in [-0.25, -0.2) is 4.98 Å². The monoisotopic (exact) mass is 454 g/mol. The van der Waals surface area contributed by atoms with Gasteiger partial charge in [-0.3, -0.25) is 14.4 Å². The third-order valence-corrected chi connectivity index (χ3v) is 6.52. The predicted molar refractivity (Wildman–Crippen MR) is 128 cm³/mol. The Morgan fingerprint density at radius 2 is 1.91 bits per heavy atom. The van der Waals surface area contributed by atoms with Crippen LogP contribution in [0.3, 0.4) is 0 Å². The second kappa shape index (κ2) is 9.09. The molecule has 0 spiro atoms. The molecule has 2 aromatic carbocycles. The van der Waals surface area contributed by atoms with Crippen molar-refractivity contribution in [3.05, 3.63) is 89.4 Å². The molecule has 0 saturated carbocycles. The van der Waals surface area contributed by atoms with Crippen LogP contribution in [0, 0.1) is 0 Å². The van der Waals surface area contributed by atoms with Crippen molar-refractivity contribution >= 4 is 17.6 Å². The number of aromatic amines is 1. The van der Waals surface area contributed by atoms with Crippen LogP contribution in [0.5, 0.6) is 0 Å². The zero-order chi connectivity index (χ0) is 23.7. The highest BCUT2D eigenvalue weighted by atomic mass is 16.2. The van der Waals surface area contributed by atoms with E-state index in [1.165, 1.54) is 0 Å². The van der Waals surface area contributed by atoms with E-state index < -0.39 is 6.04 Å². The molecule has 2 aliphatic heterocycles. The number of carbonyl (C=O) groups excluding carboxylic acids is 3. The molecule has 1 atom stereocenters. The van der Waals surface area contributed by atoms with Crippen LogP contribution < -0.4 is 5.32 Å². The largest absolute Gasteiger partial charge is 0.345 e. The SMILES string of the molecule is C=C1CCC(N2Cc3cc(CCC(=O)Cc4ccc(-c5ncc[nH]5)cc4)ccc3C2=O)C(=O)N1. The Balaban J connectivity index is 1.18. The van der Waals surface area contributed by atoms with Crippen molar-refractivity contribution in [2.75, 3.05) is 0 Å². The van der Waals surface area contributed by atoms with E-state index in [4.69, 9.17) is 0 Å². The second-order valence-electron chi connectivity index (χ2n) is 8.92. The Bertz CT molecular complexity index is 1260. The van der Waals surface area contributed by atoms with Gasteiger partial charge in [-0.2, -0.15) is 0 Å². The van der Waals surface area contributed by atoms with E-state index in [0.29, 0.717) is 49.9 Å². The number of H-pyrrole nitrogens is 1. The fraction of sp³-hybridized carbons (Fsp3) is 0.259. The quantitative estimate of drug-likeness (QED) is 0.571. The number of imidazole rings is 1. The van der Waals surface area contributed by atoms with Gasteiger partial charge in [0.1, 0.15) is 17.6 Å². The summed E-state index contributed by atoms with van der Waals surface area (Å²) < 4.78 is 0. The molecule has 1 saturated heterocycles. The Kier molecular flexibility index (Phi) is 5.84. The first-order chi connectivity index (χ1) is 16.5. The van der Waals surface area contributed by atoms with Crippen LogP contribution >= 0.6 is 0 Å². The minimum Gasteiger partial charge on any atom is -0.345 e. The zero-order valence-electron chi connectivity index (χ0n) is 18.8. The molecule has 1 fully saturated rings. The fourth-order valence-electron chi connectivity index (χ4n) is 4.67. The van der Waals surface area contributed by atoms with Crippen LogP contribution in [0.15, 0.2) is 67.1 Å². The normalized spacial score (nSPS) is 17.6. The topological polar surface area (TPSA) is 95.2 Å². The van der Waals surface area contributed by atoms with Gasteiger partial charge in [0.15, 0.2) is 0 Å². The number of allylic oxidation sites excluding steroid dienone is 1. The molecule has 1 aromatic heterocycles. The van der Waals surface area contributed by atoms with Crippen molar-refractivity contribution in [3.8, 4) is 11.4 Å². The maximum Gasteiger partial charge on any atom is 0.255 e. The van der Waals surface area contributed by atoms with Gasteiger partial charge in [-0.05, 0) is 42.0 Å². The van der Waals surface area contributed by atoms with Crippen LogP contribution in [0.1, 0.15) is 46.3 Å². The number of nitrogens with zero attached hydrogens (tertiary/aromatic N) is 2. The standard InChI is InChI=1S/C27H26N4O3/c1-17-2-11-24(26(33)30-17)31-16-21-14-18(6-10-23(21)27(31)34)5-9-22(32)15-19-3-7-20(8-4-19)25-28-12-13-29-25/h3-4,6-8,10,12-14,24H,1-2,5,9,11,15-16H2,(H,28,29)(H,30,33). The molecule has 1 unspecified atom stereocenters. The first-order valence-corrected chi connectivity index (χ1v) is 11.5. The number of benzene rings is 2. The minimum atomic E-state index is -0.463. The first-order valence-electron chi connectivity index (χ1n) is 11.5. The molecule has 0 bridgehead atoms. The lowest BCUT2D eigenvalue weighted by Crippen LogP contribution is -2.49. The molecule has 3 heterocycles. The molecule has 7 nitrogen and oxygen atoms in total. The number of nitrogens with one attached hydrogen (secondary N) is 2. The Morgan fingerprint density at radius 3 is 2.65 bits per heavy atom. The maximum absolute atomic E-state index is 12.9. The summed E-state index contributed by atoms with van der Waals surface area (Å²) in [5.41, 5.74) is 5.24. The fourth-order valence-corrected chi connectivity index (χ4v) is 4.67. The van der Waals surface area contributed by atoms with Gasteiger partial charge >= 0.3 is 0 Å². The highest BCUT2D eigenvalue weighted by Gasteiger charge is 2.38. The summed E-state index contributed by atoms with van der Waals surface area (Å²) in [6, 6.07) is 13.1. The number of carbonyl (C=O) groups is 3. The van der Waals surface area contributed by atoms with E-state index in [1.807, 2.05) is 42.5 Å². The van der Waals surface area contributed by atoms with Gasteiger partial charge in [0.25, 0.3) is 5.91 Å². The number of rotatable bonds is 7. The number of hydrogen-bond donors (Lipinski definition) is 2. The number of piperidine rings is 1. The average Bonchev–Trinajstić information content (AvgIpc) is 3.47. The van der Waals surface area contributed by atoms with Crippen molar-refractivity contribution in [2.45, 2.75) is 44.7 Å². The molecule has 172 valence electrons. The lowest BCUT2D eigenvalue weighted by Gasteiger charge is -2.30. The van der Waals surface area contributed by atoms with E-state index in [-0.39, 0.29) is 17.6 Å². The van der Waals surface area contributed by atoms with Crippen LogP contribution in [0.4, 0.5) is 0 Å². The van der Waals surface area contributed by atoms with Crippen LogP contribution in [-0.4, -0.2) is 38.5 Å². The number of aryl methyl sites for hydroxylation is 1. The molecule has 0 aliphatic carbocycles. The first kappa shape index (κ1) is 21.8. The smallest absolute Gasteiger partial charge is 0.255 e. The average molecular weight is 455 g/mol. The van der Waals surface area contributed by atoms with Crippen molar-refractivity contribution in [3.63, 3.8) is 0 Å². The van der Waals surface area contributed by atoms with Crippen LogP contribution in [-0.2, 0) is 29.0 Å². The van der Waals surface area contributed by atoms with E-state index in [1.54, 1.807) is 17.3 Å². The molecule has 34 heavy (non-hydrogen) atoms. The summed E-state index contributed by atoms with van der Waals surface area (Å²) in [7, 11) is 0. The summed E-state index contributed by atoms with van der Waals surface area (Å²) in [5.74, 6) is 0.702. The van der Waals surface area contributed by atoms with Gasteiger partial charge in [-0.15, -0.1) is 0 Å². The number of aromatic nitrogens is 2. The lowest BCUT2D eigenvalue weighted by molar-refractivity contribution is -0.126. The van der Waals surface area contributed by atoms with Crippen molar-refractivity contribution in [1.82, 2.24) is 20.2 Å². The van der Waals surface area contributed by atoms with Gasteiger partial charge in [0.05, 0.1) is 0 Å². The zero-order valence-corrected chi connectivity index (χ0v) is 18.8. The molecular weight excluding hydrogens is 428 g/mol. The Morgan fingerprint density at radius 1 is 1.12 bits per heavy atom. The molecule has 2 amide bonds. The molecule has 2 N–H and O–H groups in total. The molecule has 3 aromatic rings. The Labute approximate surface area is 197 Å². The molecule has 7 heteroatoms. The summed E-state index contributed by atoms with van der Waals surface area (Å²) in [4.78, 5) is 46.7. The van der Waals surface area contributed by atoms with E-state index in [0.717, 1.165) is 28.1 Å². The number of Topliss-reactive ketones (excluding diaryl/α,β-unsaturated/α-hetero) is 1. The Hall–Kier alpha value is -4.00. The molecule has 5 rings (SSSR count). The molecule has 0 radical (unpaired) electrons.